The van der Waals surface area contributed by atoms with Gasteiger partial charge in [-0.05, 0) is 37.3 Å². The van der Waals surface area contributed by atoms with Gasteiger partial charge in [-0.3, -0.25) is 4.79 Å². The Morgan fingerprint density at radius 2 is 1.92 bits per heavy atom. The second kappa shape index (κ2) is 6.87. The highest BCUT2D eigenvalue weighted by Crippen LogP contribution is 2.40. The summed E-state index contributed by atoms with van der Waals surface area (Å²) in [4.78, 5) is 12.5. The molecule has 0 radical (unpaired) electrons. The number of hydrogen-bond donors (Lipinski definition) is 1. The molecule has 2 fully saturated rings. The lowest BCUT2D eigenvalue weighted by Gasteiger charge is -2.39. The molecule has 1 saturated heterocycles. The van der Waals surface area contributed by atoms with Crippen LogP contribution in [-0.2, 0) is 20.0 Å². The highest BCUT2D eigenvalue weighted by atomic mass is 32.2. The number of nitrogens with one attached hydrogen (secondary N) is 1. The normalized spacial score (nSPS) is 25.3. The molecule has 1 aliphatic carbocycles. The first kappa shape index (κ1) is 17.5. The number of aryl methyl sites for hydroxylation is 1. The van der Waals surface area contributed by atoms with Crippen molar-refractivity contribution in [2.45, 2.75) is 50.9 Å². The van der Waals surface area contributed by atoms with Crippen LogP contribution >= 0.6 is 0 Å². The van der Waals surface area contributed by atoms with Crippen LogP contribution in [0.4, 0.5) is 0 Å². The molecule has 0 spiro atoms. The van der Waals surface area contributed by atoms with E-state index in [9.17, 15) is 13.2 Å². The van der Waals surface area contributed by atoms with E-state index in [2.05, 4.69) is 36.5 Å². The highest BCUT2D eigenvalue weighted by Gasteiger charge is 2.37. The predicted molar refractivity (Wildman–Crippen MR) is 95.7 cm³/mol. The van der Waals surface area contributed by atoms with E-state index in [1.165, 1.54) is 30.4 Å². The zero-order valence-corrected chi connectivity index (χ0v) is 15.2. The topological polar surface area (TPSA) is 63.2 Å². The van der Waals surface area contributed by atoms with Crippen LogP contribution in [-0.4, -0.2) is 32.4 Å². The number of benzene rings is 1. The van der Waals surface area contributed by atoms with Crippen LogP contribution in [0.3, 0.4) is 0 Å². The minimum Gasteiger partial charge on any atom is -0.355 e. The van der Waals surface area contributed by atoms with E-state index >= 15 is 0 Å². The van der Waals surface area contributed by atoms with Crippen molar-refractivity contribution in [1.29, 1.82) is 0 Å². The van der Waals surface area contributed by atoms with Gasteiger partial charge in [0, 0.05) is 12.0 Å². The zero-order chi connectivity index (χ0) is 17.2. The monoisotopic (exact) mass is 349 g/mol. The van der Waals surface area contributed by atoms with Gasteiger partial charge in [0.1, 0.15) is 0 Å². The van der Waals surface area contributed by atoms with E-state index < -0.39 is 9.84 Å². The Morgan fingerprint density at radius 1 is 1.21 bits per heavy atom. The van der Waals surface area contributed by atoms with Crippen molar-refractivity contribution in [2.75, 3.05) is 18.1 Å². The van der Waals surface area contributed by atoms with Crippen molar-refractivity contribution in [3.63, 3.8) is 0 Å². The molecule has 1 aromatic rings. The third-order valence-electron chi connectivity index (χ3n) is 5.73. The number of rotatable bonds is 4. The fourth-order valence-electron chi connectivity index (χ4n) is 4.34. The minimum absolute atomic E-state index is 0.00324. The van der Waals surface area contributed by atoms with Crippen LogP contribution in [0.1, 0.15) is 49.7 Å². The Balaban J connectivity index is 1.74. The van der Waals surface area contributed by atoms with Gasteiger partial charge in [0.25, 0.3) is 0 Å². The predicted octanol–water partition coefficient (Wildman–Crippen LogP) is 2.75. The molecule has 1 amide bonds. The van der Waals surface area contributed by atoms with E-state index in [0.29, 0.717) is 13.0 Å². The van der Waals surface area contributed by atoms with Crippen molar-refractivity contribution >= 4 is 15.7 Å². The standard InChI is InChI=1S/C19H27NO3S/c1-15-7-3-4-8-17(15)19(10-5-2-6-11-19)14-20-18(21)16-9-12-24(22,23)13-16/h3-4,7-8,16H,2,5-6,9-14H2,1H3,(H,20,21). The summed E-state index contributed by atoms with van der Waals surface area (Å²) in [7, 11) is -3.02. The summed E-state index contributed by atoms with van der Waals surface area (Å²) in [5.41, 5.74) is 2.61. The van der Waals surface area contributed by atoms with Crippen LogP contribution in [0.15, 0.2) is 24.3 Å². The summed E-state index contributed by atoms with van der Waals surface area (Å²) < 4.78 is 23.2. The third kappa shape index (κ3) is 3.66. The Labute approximate surface area is 145 Å². The molecule has 1 N–H and O–H groups in total. The highest BCUT2D eigenvalue weighted by molar-refractivity contribution is 7.91. The van der Waals surface area contributed by atoms with E-state index in [1.807, 2.05) is 0 Å². The molecule has 5 heteroatoms. The summed E-state index contributed by atoms with van der Waals surface area (Å²) in [6.07, 6.45) is 6.25. The molecule has 1 atom stereocenters. The van der Waals surface area contributed by atoms with E-state index in [0.717, 1.165) is 12.8 Å². The third-order valence-corrected chi connectivity index (χ3v) is 7.50. The summed E-state index contributed by atoms with van der Waals surface area (Å²) in [6.45, 7) is 2.75. The molecule has 132 valence electrons. The van der Waals surface area contributed by atoms with Gasteiger partial charge in [-0.1, -0.05) is 43.5 Å². The summed E-state index contributed by atoms with van der Waals surface area (Å²) >= 11 is 0. The fourth-order valence-corrected chi connectivity index (χ4v) is 6.08. The first-order valence-electron chi connectivity index (χ1n) is 8.96. The molecule has 1 saturated carbocycles. The molecular weight excluding hydrogens is 322 g/mol. The second-order valence-corrected chi connectivity index (χ2v) is 9.70. The van der Waals surface area contributed by atoms with Crippen LogP contribution in [0.25, 0.3) is 0 Å². The summed E-state index contributed by atoms with van der Waals surface area (Å²) in [5.74, 6) is -0.299. The Kier molecular flexibility index (Phi) is 5.00. The maximum Gasteiger partial charge on any atom is 0.224 e. The average molecular weight is 349 g/mol. The molecule has 3 rings (SSSR count). The SMILES string of the molecule is Cc1ccccc1C1(CNC(=O)C2CCS(=O)(=O)C2)CCCCC1. The van der Waals surface area contributed by atoms with Crippen LogP contribution in [0, 0.1) is 12.8 Å². The van der Waals surface area contributed by atoms with Gasteiger partial charge >= 0.3 is 0 Å². The Hall–Kier alpha value is -1.36. The molecule has 0 aromatic heterocycles. The van der Waals surface area contributed by atoms with Crippen molar-refractivity contribution in [1.82, 2.24) is 5.32 Å². The number of sulfone groups is 1. The lowest BCUT2D eigenvalue weighted by molar-refractivity contribution is -0.124. The lowest BCUT2D eigenvalue weighted by Crippen LogP contribution is -2.44. The van der Waals surface area contributed by atoms with Gasteiger partial charge in [0.15, 0.2) is 9.84 Å². The lowest BCUT2D eigenvalue weighted by atomic mass is 9.68. The van der Waals surface area contributed by atoms with Gasteiger partial charge in [0.05, 0.1) is 17.4 Å². The van der Waals surface area contributed by atoms with E-state index in [4.69, 9.17) is 0 Å². The van der Waals surface area contributed by atoms with Crippen molar-refractivity contribution in [3.8, 4) is 0 Å². The molecule has 0 bridgehead atoms. The van der Waals surface area contributed by atoms with Crippen molar-refractivity contribution in [3.05, 3.63) is 35.4 Å². The minimum atomic E-state index is -3.02. The van der Waals surface area contributed by atoms with Crippen LogP contribution < -0.4 is 5.32 Å². The van der Waals surface area contributed by atoms with Crippen LogP contribution in [0.2, 0.25) is 0 Å². The van der Waals surface area contributed by atoms with Crippen molar-refractivity contribution in [2.24, 2.45) is 5.92 Å². The molecule has 1 aliphatic heterocycles. The second-order valence-electron chi connectivity index (χ2n) is 7.47. The van der Waals surface area contributed by atoms with Gasteiger partial charge in [-0.25, -0.2) is 8.42 Å². The maximum absolute atomic E-state index is 12.5. The van der Waals surface area contributed by atoms with Crippen LogP contribution in [0.5, 0.6) is 0 Å². The van der Waals surface area contributed by atoms with Crippen molar-refractivity contribution < 1.29 is 13.2 Å². The van der Waals surface area contributed by atoms with Gasteiger partial charge in [-0.2, -0.15) is 0 Å². The first-order chi connectivity index (χ1) is 11.4. The molecular formula is C19H27NO3S. The quantitative estimate of drug-likeness (QED) is 0.909. The zero-order valence-electron chi connectivity index (χ0n) is 14.4. The fraction of sp³-hybridized carbons (Fsp3) is 0.632. The number of hydrogen-bond acceptors (Lipinski definition) is 3. The summed E-state index contributed by atoms with van der Waals surface area (Å²) in [5, 5.41) is 3.10. The van der Waals surface area contributed by atoms with E-state index in [1.54, 1.807) is 0 Å². The van der Waals surface area contributed by atoms with Gasteiger partial charge in [0.2, 0.25) is 5.91 Å². The van der Waals surface area contributed by atoms with Gasteiger partial charge < -0.3 is 5.32 Å². The van der Waals surface area contributed by atoms with Gasteiger partial charge in [-0.15, -0.1) is 0 Å². The number of carbonyl (C=O) groups is 1. The van der Waals surface area contributed by atoms with E-state index in [-0.39, 0.29) is 28.7 Å². The molecule has 1 heterocycles. The Morgan fingerprint density at radius 3 is 2.54 bits per heavy atom. The smallest absolute Gasteiger partial charge is 0.224 e. The molecule has 1 unspecified atom stereocenters. The Bertz CT molecular complexity index is 705. The molecule has 24 heavy (non-hydrogen) atoms. The molecule has 2 aliphatic rings. The maximum atomic E-state index is 12.5. The average Bonchev–Trinajstić information content (AvgIpc) is 2.94. The number of amides is 1. The first-order valence-corrected chi connectivity index (χ1v) is 10.8. The molecule has 1 aromatic carbocycles. The number of carbonyl (C=O) groups excluding carboxylic acids is 1. The summed E-state index contributed by atoms with van der Waals surface area (Å²) in [6, 6.07) is 8.45. The largest absolute Gasteiger partial charge is 0.355 e. The molecule has 4 nitrogen and oxygen atoms in total.